The second kappa shape index (κ2) is 7.75. The highest BCUT2D eigenvalue weighted by molar-refractivity contribution is 5.74. The Morgan fingerprint density at radius 1 is 1.50 bits per heavy atom. The van der Waals surface area contributed by atoms with Crippen molar-refractivity contribution in [2.24, 2.45) is 0 Å². The maximum absolute atomic E-state index is 11.6. The van der Waals surface area contributed by atoms with Crippen molar-refractivity contribution in [3.05, 3.63) is 28.7 Å². The van der Waals surface area contributed by atoms with Gasteiger partial charge in [0, 0.05) is 17.9 Å². The number of rotatable bonds is 6. The van der Waals surface area contributed by atoms with E-state index in [1.165, 1.54) is 0 Å². The van der Waals surface area contributed by atoms with Gasteiger partial charge in [-0.05, 0) is 39.7 Å². The van der Waals surface area contributed by atoms with Crippen LogP contribution in [-0.2, 0) is 6.42 Å². The molecule has 1 atom stereocenters. The molecular formula is C16H22N6O2. The lowest BCUT2D eigenvalue weighted by molar-refractivity contribution is 0.220. The molecule has 0 radical (unpaired) electrons. The van der Waals surface area contributed by atoms with Crippen molar-refractivity contribution in [1.29, 1.82) is 5.26 Å². The molecule has 0 aromatic carbocycles. The van der Waals surface area contributed by atoms with Gasteiger partial charge in [0.15, 0.2) is 5.65 Å². The summed E-state index contributed by atoms with van der Waals surface area (Å²) in [5, 5.41) is 28.1. The topological polar surface area (TPSA) is 115 Å². The fourth-order valence-electron chi connectivity index (χ4n) is 2.43. The first kappa shape index (κ1) is 17.7. The smallest absolute Gasteiger partial charge is 0.315 e. The van der Waals surface area contributed by atoms with Gasteiger partial charge in [0.2, 0.25) is 0 Å². The number of urea groups is 1. The van der Waals surface area contributed by atoms with Gasteiger partial charge in [0.1, 0.15) is 11.6 Å². The molecule has 2 aromatic heterocycles. The molecule has 0 bridgehead atoms. The molecule has 1 unspecified atom stereocenters. The van der Waals surface area contributed by atoms with Crippen LogP contribution >= 0.6 is 0 Å². The fourth-order valence-corrected chi connectivity index (χ4v) is 2.43. The first-order chi connectivity index (χ1) is 11.5. The second-order valence-electron chi connectivity index (χ2n) is 5.80. The first-order valence-corrected chi connectivity index (χ1v) is 7.87. The van der Waals surface area contributed by atoms with Crippen LogP contribution in [0.1, 0.15) is 36.0 Å². The summed E-state index contributed by atoms with van der Waals surface area (Å²) in [6.07, 6.45) is 1.22. The Balaban J connectivity index is 2.00. The van der Waals surface area contributed by atoms with E-state index in [1.807, 2.05) is 19.9 Å². The first-order valence-electron chi connectivity index (χ1n) is 7.87. The number of fused-ring (bicyclic) bond motifs is 1. The summed E-state index contributed by atoms with van der Waals surface area (Å²) in [7, 11) is 0. The number of carbonyl (C=O) groups excluding carboxylic acids is 1. The molecule has 8 heteroatoms. The maximum Gasteiger partial charge on any atom is 0.315 e. The summed E-state index contributed by atoms with van der Waals surface area (Å²) >= 11 is 0. The molecule has 0 saturated carbocycles. The van der Waals surface area contributed by atoms with Gasteiger partial charge in [-0.15, -0.1) is 0 Å². The third-order valence-electron chi connectivity index (χ3n) is 3.61. The molecule has 0 aliphatic carbocycles. The van der Waals surface area contributed by atoms with E-state index >= 15 is 0 Å². The van der Waals surface area contributed by atoms with Crippen LogP contribution in [0.3, 0.4) is 0 Å². The Morgan fingerprint density at radius 3 is 2.92 bits per heavy atom. The zero-order valence-electron chi connectivity index (χ0n) is 14.1. The lowest BCUT2D eigenvalue weighted by atomic mass is 10.1. The minimum absolute atomic E-state index is 0.105. The molecule has 3 N–H and O–H groups in total. The molecule has 128 valence electrons. The van der Waals surface area contributed by atoms with E-state index in [4.69, 9.17) is 5.11 Å². The van der Waals surface area contributed by atoms with Gasteiger partial charge in [0.25, 0.3) is 0 Å². The van der Waals surface area contributed by atoms with Crippen LogP contribution in [-0.4, -0.2) is 44.9 Å². The van der Waals surface area contributed by atoms with Gasteiger partial charge in [-0.1, -0.05) is 0 Å². The molecule has 2 rings (SSSR count). The average Bonchev–Trinajstić information content (AvgIpc) is 2.89. The van der Waals surface area contributed by atoms with Gasteiger partial charge < -0.3 is 15.7 Å². The molecule has 2 amide bonds. The van der Waals surface area contributed by atoms with Crippen molar-refractivity contribution < 1.29 is 9.90 Å². The van der Waals surface area contributed by atoms with Gasteiger partial charge in [-0.25, -0.2) is 14.3 Å². The minimum Gasteiger partial charge on any atom is -0.394 e. The van der Waals surface area contributed by atoms with Crippen molar-refractivity contribution in [3.8, 4) is 6.07 Å². The van der Waals surface area contributed by atoms with Crippen molar-refractivity contribution >= 4 is 11.7 Å². The molecule has 0 aliphatic heterocycles. The predicted octanol–water partition coefficient (Wildman–Crippen LogP) is 0.830. The third kappa shape index (κ3) is 4.00. The number of hydrogen-bond acceptors (Lipinski definition) is 5. The Morgan fingerprint density at radius 2 is 2.25 bits per heavy atom. The number of nitrogens with zero attached hydrogens (tertiary/aromatic N) is 4. The van der Waals surface area contributed by atoms with E-state index < -0.39 is 0 Å². The van der Waals surface area contributed by atoms with Crippen LogP contribution in [0.4, 0.5) is 4.79 Å². The number of aromatic nitrogens is 3. The molecule has 2 heterocycles. The zero-order valence-corrected chi connectivity index (χ0v) is 14.1. The van der Waals surface area contributed by atoms with E-state index in [9.17, 15) is 10.1 Å². The van der Waals surface area contributed by atoms with E-state index in [-0.39, 0.29) is 18.7 Å². The lowest BCUT2D eigenvalue weighted by Gasteiger charge is -2.11. The summed E-state index contributed by atoms with van der Waals surface area (Å²) in [5.41, 5.74) is 3.52. The third-order valence-corrected chi connectivity index (χ3v) is 3.61. The Bertz CT molecular complexity index is 777. The minimum atomic E-state index is -0.319. The average molecular weight is 330 g/mol. The van der Waals surface area contributed by atoms with Crippen molar-refractivity contribution in [2.75, 3.05) is 13.2 Å². The van der Waals surface area contributed by atoms with Gasteiger partial charge >= 0.3 is 6.03 Å². The quantitative estimate of drug-likeness (QED) is 0.679. The van der Waals surface area contributed by atoms with Crippen LogP contribution in [0.2, 0.25) is 0 Å². The largest absolute Gasteiger partial charge is 0.394 e. The number of hydrogen-bond donors (Lipinski definition) is 3. The maximum atomic E-state index is 11.6. The number of carbonyl (C=O) groups is 1. The monoisotopic (exact) mass is 330 g/mol. The summed E-state index contributed by atoms with van der Waals surface area (Å²) in [4.78, 5) is 16.0. The van der Waals surface area contributed by atoms with Crippen LogP contribution in [0.15, 0.2) is 6.07 Å². The summed E-state index contributed by atoms with van der Waals surface area (Å²) in [6.45, 7) is 5.87. The molecular weight excluding hydrogens is 308 g/mol. The van der Waals surface area contributed by atoms with E-state index in [2.05, 4.69) is 26.8 Å². The number of nitrogens with one attached hydrogen (secondary N) is 2. The summed E-state index contributed by atoms with van der Waals surface area (Å²) in [6, 6.07) is 3.49. The van der Waals surface area contributed by atoms with Crippen LogP contribution in [0, 0.1) is 25.2 Å². The number of aliphatic hydroxyl groups is 1. The SMILES string of the molecule is Cc1cc(C)n2nc(CCCNC(=O)NC(C)CO)c(C#N)c2n1. The fraction of sp³-hybridized carbons (Fsp3) is 0.500. The van der Waals surface area contributed by atoms with Crippen LogP contribution in [0.25, 0.3) is 5.65 Å². The number of aryl methyl sites for hydroxylation is 3. The zero-order chi connectivity index (χ0) is 17.7. The number of aliphatic hydroxyl groups excluding tert-OH is 1. The van der Waals surface area contributed by atoms with Gasteiger partial charge in [-0.3, -0.25) is 0 Å². The van der Waals surface area contributed by atoms with E-state index in [1.54, 1.807) is 11.4 Å². The Hall–Kier alpha value is -2.66. The summed E-state index contributed by atoms with van der Waals surface area (Å²) in [5.74, 6) is 0. The highest BCUT2D eigenvalue weighted by Crippen LogP contribution is 2.16. The molecule has 24 heavy (non-hydrogen) atoms. The van der Waals surface area contributed by atoms with Crippen molar-refractivity contribution in [1.82, 2.24) is 25.2 Å². The van der Waals surface area contributed by atoms with Crippen LogP contribution in [0.5, 0.6) is 0 Å². The van der Waals surface area contributed by atoms with Crippen molar-refractivity contribution in [3.63, 3.8) is 0 Å². The molecule has 0 spiro atoms. The number of nitriles is 1. The van der Waals surface area contributed by atoms with Gasteiger partial charge in [-0.2, -0.15) is 10.4 Å². The number of amides is 2. The normalized spacial score (nSPS) is 12.0. The Kier molecular flexibility index (Phi) is 5.71. The highest BCUT2D eigenvalue weighted by atomic mass is 16.3. The highest BCUT2D eigenvalue weighted by Gasteiger charge is 2.15. The second-order valence-corrected chi connectivity index (χ2v) is 5.80. The van der Waals surface area contributed by atoms with Gasteiger partial charge in [0.05, 0.1) is 18.3 Å². The molecule has 0 fully saturated rings. The lowest BCUT2D eigenvalue weighted by Crippen LogP contribution is -2.42. The standard InChI is InChI=1S/C16H22N6O2/c1-10-7-12(3)22-15(19-10)13(8-17)14(21-22)5-4-6-18-16(24)20-11(2)9-23/h7,11,23H,4-6,9H2,1-3H3,(H2,18,20,24). The molecule has 2 aromatic rings. The molecule has 0 saturated heterocycles. The van der Waals surface area contributed by atoms with E-state index in [0.717, 1.165) is 11.4 Å². The molecule has 8 nitrogen and oxygen atoms in total. The Labute approximate surface area is 140 Å². The van der Waals surface area contributed by atoms with Crippen molar-refractivity contribution in [2.45, 2.75) is 39.7 Å². The van der Waals surface area contributed by atoms with Crippen LogP contribution < -0.4 is 10.6 Å². The predicted molar refractivity (Wildman–Crippen MR) is 88.6 cm³/mol. The summed E-state index contributed by atoms with van der Waals surface area (Å²) < 4.78 is 1.68. The van der Waals surface area contributed by atoms with E-state index in [0.29, 0.717) is 36.3 Å². The molecule has 0 aliphatic rings.